The van der Waals surface area contributed by atoms with Gasteiger partial charge in [-0.25, -0.2) is 4.79 Å². The van der Waals surface area contributed by atoms with Crippen LogP contribution in [0.3, 0.4) is 0 Å². The van der Waals surface area contributed by atoms with Gasteiger partial charge >= 0.3 is 6.03 Å². The summed E-state index contributed by atoms with van der Waals surface area (Å²) in [4.78, 5) is 134. The SMILES string of the molecule is CCCCCCNC(=O)NC(=O)C[C@@H]1CC(=O)[C@H](NC(=O)[C@H](CC)CC(C)C)[C@H](O)c2ccc(c(Cl)c2)Oc2cc3cc(c2O[C@@H]2O[C@H](CO)[C@@H](O)[C@H](O)[C@H]2O)Oc2ccc(cc2Cl)[C@@H](O)[C@@H]2NC(=O)[C@H](CC(=O)[C@@H]3NC1=O)c1ccc(O)c(c1)-c1c(O)cc(O)cc1[C@@H](C(=O)COC)NC2=O. The Hall–Kier alpha value is -9.01. The normalized spacial score (nSPS) is 24.8. The van der Waals surface area contributed by atoms with Crippen LogP contribution in [0.1, 0.15) is 144 Å². The third-order valence-corrected chi connectivity index (χ3v) is 18.7. The van der Waals surface area contributed by atoms with Crippen molar-refractivity contribution in [2.45, 2.75) is 158 Å². The van der Waals surface area contributed by atoms with Crippen LogP contribution in [-0.4, -0.2) is 169 Å². The molecule has 0 spiro atoms. The van der Waals surface area contributed by atoms with E-state index >= 15 is 24.0 Å². The molecule has 0 aromatic heterocycles. The summed E-state index contributed by atoms with van der Waals surface area (Å²) < 4.78 is 30.4. The van der Waals surface area contributed by atoms with Crippen molar-refractivity contribution in [3.05, 3.63) is 117 Å². The van der Waals surface area contributed by atoms with Crippen molar-refractivity contribution in [3.8, 4) is 57.1 Å². The number of unbranched alkanes of at least 4 members (excludes halogenated alkanes) is 3. The van der Waals surface area contributed by atoms with E-state index in [-0.39, 0.29) is 74.3 Å². The first-order valence-corrected chi connectivity index (χ1v) is 34.0. The number of nitrogens with one attached hydrogen (secondary N) is 6. The number of carbonyl (C=O) groups is 9. The van der Waals surface area contributed by atoms with Crippen LogP contribution in [0.5, 0.6) is 46.0 Å². The smallest absolute Gasteiger partial charge is 0.321 e. The summed E-state index contributed by atoms with van der Waals surface area (Å²) in [6, 6.07) is 5.38. The summed E-state index contributed by atoms with van der Waals surface area (Å²) in [5.74, 6) is -17.8. The van der Waals surface area contributed by atoms with Crippen LogP contribution < -0.4 is 46.1 Å². The van der Waals surface area contributed by atoms with Crippen LogP contribution in [0, 0.1) is 17.8 Å². The van der Waals surface area contributed by atoms with Crippen LogP contribution in [0.25, 0.3) is 11.1 Å². The second-order valence-corrected chi connectivity index (χ2v) is 26.8. The van der Waals surface area contributed by atoms with Gasteiger partial charge in [0, 0.05) is 56.0 Å². The monoisotopic (exact) mass is 1460 g/mol. The average Bonchev–Trinajstić information content (AvgIpc) is 0.775. The van der Waals surface area contributed by atoms with Crippen molar-refractivity contribution in [3.63, 3.8) is 0 Å². The van der Waals surface area contributed by atoms with E-state index in [9.17, 15) is 65.1 Å². The number of Topliss-reactive ketones (excluding diaryl/α,β-unsaturated/α-hetero) is 3. The van der Waals surface area contributed by atoms with Gasteiger partial charge in [-0.05, 0) is 108 Å². The van der Waals surface area contributed by atoms with Crippen molar-refractivity contribution < 1.29 is 113 Å². The second-order valence-electron chi connectivity index (χ2n) is 26.0. The summed E-state index contributed by atoms with van der Waals surface area (Å²) in [6.07, 6.45) is -13.4. The van der Waals surface area contributed by atoms with E-state index in [1.165, 1.54) is 30.3 Å². The lowest BCUT2D eigenvalue weighted by molar-refractivity contribution is -0.277. The standard InChI is InChI=1S/C71H82Cl2N6O23/c1-6-8-9-10-17-74-71(97)75-54(87)25-37-22-46(84)58(78-66(93)32(7-2)18-31(3)4)60(88)34-12-15-49(42(72)20-34)99-51-23-36-24-52(65(51)102-70-64(92)63(91)62(90)53(29-80)101-70)100-50-16-13-35(21-43(50)73)61(89)59-69(96)77-57(48(86)30-98-5)41-26-38(81)27-45(83)55(41)40-19-33(11-14-44(40)82)39(68(95)79-59)28-47(85)56(36)76-67(37)94/h11-16,19-21,23-24,26-27,31-32,37,39,53,56-64,70,80-83,88-92H,6-10,17-18,22,25,28-30H2,1-5H3,(H,76,94)(H,77,96)(H,78,93)(H,79,95)(H2,74,75,87,97)/t32-,37+,39-,53-,56-,57+,58+,59+,60-,61-,62-,63+,64-,70+/m1/s1. The third-order valence-electron chi connectivity index (χ3n) is 18.2. The number of phenols is 3. The first-order chi connectivity index (χ1) is 48.5. The maximum Gasteiger partial charge on any atom is 0.321 e. The van der Waals surface area contributed by atoms with Gasteiger partial charge in [0.2, 0.25) is 41.6 Å². The van der Waals surface area contributed by atoms with Crippen LogP contribution in [0.15, 0.2) is 78.9 Å². The van der Waals surface area contributed by atoms with Crippen molar-refractivity contribution >= 4 is 76.1 Å². The Labute approximate surface area is 595 Å². The molecule has 6 heterocycles. The molecule has 6 aliphatic heterocycles. The number of imide groups is 1. The topological polar surface area (TPSA) is 454 Å². The molecule has 102 heavy (non-hydrogen) atoms. The number of ether oxygens (including phenoxy) is 5. The molecule has 1 fully saturated rings. The average molecular weight is 1460 g/mol. The van der Waals surface area contributed by atoms with Gasteiger partial charge in [-0.1, -0.05) is 88.4 Å². The summed E-state index contributed by atoms with van der Waals surface area (Å²) in [6.45, 7) is 5.97. The highest BCUT2D eigenvalue weighted by Crippen LogP contribution is 2.50. The Morgan fingerprint density at radius 1 is 0.686 bits per heavy atom. The first kappa shape index (κ1) is 77.2. The van der Waals surface area contributed by atoms with E-state index in [1.807, 2.05) is 20.8 Å². The predicted octanol–water partition coefficient (Wildman–Crippen LogP) is 5.33. The molecule has 31 heteroatoms. The quantitative estimate of drug-likeness (QED) is 0.0493. The molecule has 0 radical (unpaired) electrons. The van der Waals surface area contributed by atoms with Gasteiger partial charge in [0.25, 0.3) is 0 Å². The minimum absolute atomic E-state index is 0.0266. The van der Waals surface area contributed by atoms with Gasteiger partial charge in [-0.15, -0.1) is 0 Å². The van der Waals surface area contributed by atoms with Crippen molar-refractivity contribution in [2.24, 2.45) is 17.8 Å². The molecule has 5 aromatic carbocycles. The number of fused-ring (bicyclic) bond motifs is 15. The largest absolute Gasteiger partial charge is 0.508 e. The molecule has 11 bridgehead atoms. The lowest BCUT2D eigenvalue weighted by atomic mass is 9.84. The Morgan fingerprint density at radius 3 is 1.96 bits per heavy atom. The van der Waals surface area contributed by atoms with E-state index in [0.717, 1.165) is 74.9 Å². The minimum Gasteiger partial charge on any atom is -0.508 e. The number of halogens is 2. The van der Waals surface area contributed by atoms with Crippen molar-refractivity contribution in [1.29, 1.82) is 0 Å². The predicted molar refractivity (Wildman–Crippen MR) is 362 cm³/mol. The Bertz CT molecular complexity index is 4010. The zero-order valence-electron chi connectivity index (χ0n) is 56.1. The highest BCUT2D eigenvalue weighted by atomic mass is 35.5. The zero-order chi connectivity index (χ0) is 74.1. The number of amides is 7. The lowest BCUT2D eigenvalue weighted by Gasteiger charge is -2.39. The first-order valence-electron chi connectivity index (χ1n) is 33.3. The molecule has 15 N–H and O–H groups in total. The van der Waals surface area contributed by atoms with Gasteiger partial charge in [-0.2, -0.15) is 0 Å². The number of rotatable bonds is 18. The molecule has 5 aromatic rings. The number of benzene rings is 5. The van der Waals surface area contributed by atoms with E-state index in [2.05, 4.69) is 31.9 Å². The van der Waals surface area contributed by atoms with E-state index < -0.39 is 210 Å². The van der Waals surface area contributed by atoms with Crippen LogP contribution in [0.2, 0.25) is 10.0 Å². The molecule has 14 atom stereocenters. The number of ketones is 3. The highest BCUT2D eigenvalue weighted by Gasteiger charge is 2.47. The van der Waals surface area contributed by atoms with Crippen molar-refractivity contribution in [2.75, 3.05) is 26.9 Å². The number of aromatic hydroxyl groups is 3. The molecule has 0 aliphatic carbocycles. The molecule has 0 saturated carbocycles. The van der Waals surface area contributed by atoms with Gasteiger partial charge < -0.3 is 96.2 Å². The second kappa shape index (κ2) is 33.9. The maximum absolute atomic E-state index is 16.2. The molecule has 29 nitrogen and oxygen atoms in total. The van der Waals surface area contributed by atoms with Crippen LogP contribution in [-0.2, 0) is 47.8 Å². The number of aliphatic hydroxyl groups is 6. The molecular weight excluding hydrogens is 1380 g/mol. The molecule has 0 unspecified atom stereocenters. The van der Waals surface area contributed by atoms with Gasteiger partial charge in [-0.3, -0.25) is 43.7 Å². The number of hydrogen-bond acceptors (Lipinski definition) is 23. The fourth-order valence-corrected chi connectivity index (χ4v) is 13.2. The van der Waals surface area contributed by atoms with Gasteiger partial charge in [0.1, 0.15) is 96.1 Å². The molecule has 7 amide bonds. The lowest BCUT2D eigenvalue weighted by Crippen LogP contribution is -2.60. The van der Waals surface area contributed by atoms with E-state index in [1.54, 1.807) is 6.92 Å². The number of phenolic OH excluding ortho intramolecular Hbond substituents is 3. The number of aliphatic hydroxyl groups excluding tert-OH is 6. The van der Waals surface area contributed by atoms with Crippen LogP contribution in [0.4, 0.5) is 4.79 Å². The molecule has 548 valence electrons. The fourth-order valence-electron chi connectivity index (χ4n) is 12.7. The summed E-state index contributed by atoms with van der Waals surface area (Å²) in [7, 11) is 1.16. The van der Waals surface area contributed by atoms with Gasteiger partial charge in [0.15, 0.2) is 28.8 Å². The van der Waals surface area contributed by atoms with Gasteiger partial charge in [0.05, 0.1) is 28.5 Å². The van der Waals surface area contributed by atoms with Crippen LogP contribution >= 0.6 is 23.2 Å². The minimum atomic E-state index is -2.20. The Balaban J connectivity index is 1.31. The van der Waals surface area contributed by atoms with E-state index in [0.29, 0.717) is 12.8 Å². The molecular formula is C71H82Cl2N6O23. The fraction of sp³-hybridized carbons (Fsp3) is 0.451. The number of hydrogen-bond donors (Lipinski definition) is 15. The maximum atomic E-state index is 16.2. The highest BCUT2D eigenvalue weighted by molar-refractivity contribution is 6.32. The summed E-state index contributed by atoms with van der Waals surface area (Å²) in [5, 5.41) is 117. The van der Waals surface area contributed by atoms with Crippen molar-refractivity contribution in [1.82, 2.24) is 31.9 Å². The molecule has 6 aliphatic rings. The zero-order valence-corrected chi connectivity index (χ0v) is 57.7. The molecule has 11 rings (SSSR count). The third kappa shape index (κ3) is 17.7. The summed E-state index contributed by atoms with van der Waals surface area (Å²) in [5.41, 5.74) is -1.96. The summed E-state index contributed by atoms with van der Waals surface area (Å²) >= 11 is 14.1. The number of carbonyl (C=O) groups excluding carboxylic acids is 9. The number of methoxy groups -OCH3 is 1. The Morgan fingerprint density at radius 2 is 1.34 bits per heavy atom. The number of urea groups is 1. The van der Waals surface area contributed by atoms with E-state index in [4.69, 9.17) is 46.9 Å². The Kier molecular flexibility index (Phi) is 25.6. The molecule has 1 saturated heterocycles.